The zero-order chi connectivity index (χ0) is 14.8. The average molecular weight is 319 g/mol. The number of hydrogen-bond donors (Lipinski definition) is 0. The van der Waals surface area contributed by atoms with Crippen LogP contribution in [0.15, 0.2) is 47.4 Å². The molecule has 2 aromatic rings. The third-order valence-electron chi connectivity index (χ3n) is 2.47. The van der Waals surface area contributed by atoms with Crippen molar-refractivity contribution in [2.45, 2.75) is 11.5 Å². The Morgan fingerprint density at radius 3 is 2.45 bits per heavy atom. The molecule has 0 N–H and O–H groups in total. The van der Waals surface area contributed by atoms with Crippen molar-refractivity contribution in [2.24, 2.45) is 0 Å². The molecule has 0 saturated heterocycles. The van der Waals surface area contributed by atoms with Crippen molar-refractivity contribution in [3.63, 3.8) is 0 Å². The molecule has 2 rings (SSSR count). The first-order chi connectivity index (χ1) is 9.36. The summed E-state index contributed by atoms with van der Waals surface area (Å²) in [6, 6.07) is 8.73. The Balaban J connectivity index is 2.15. The first-order valence-corrected chi connectivity index (χ1v) is 7.78. The molecule has 0 amide bonds. The summed E-state index contributed by atoms with van der Waals surface area (Å²) in [6.07, 6.45) is 0. The molecule has 0 aromatic heterocycles. The Morgan fingerprint density at radius 2 is 1.85 bits per heavy atom. The van der Waals surface area contributed by atoms with E-state index in [-0.39, 0.29) is 17.3 Å². The fraction of sp³-hybridized carbons (Fsp3) is 0.0769. The van der Waals surface area contributed by atoms with Crippen LogP contribution in [0.3, 0.4) is 0 Å². The van der Waals surface area contributed by atoms with Crippen molar-refractivity contribution in [1.82, 2.24) is 0 Å². The lowest BCUT2D eigenvalue weighted by Crippen LogP contribution is -1.99. The normalized spacial score (nSPS) is 11.3. The second kappa shape index (κ2) is 5.76. The highest BCUT2D eigenvalue weighted by molar-refractivity contribution is 8.13. The summed E-state index contributed by atoms with van der Waals surface area (Å²) in [5.74, 6) is -1.42. The van der Waals surface area contributed by atoms with Gasteiger partial charge in [-0.2, -0.15) is 0 Å². The molecule has 7 heteroatoms. The summed E-state index contributed by atoms with van der Waals surface area (Å²) in [7, 11) is 1.11. The molecule has 0 unspecified atom stereocenters. The van der Waals surface area contributed by atoms with Crippen LogP contribution in [0.4, 0.5) is 8.78 Å². The van der Waals surface area contributed by atoms with Crippen LogP contribution >= 0.6 is 10.7 Å². The SMILES string of the molecule is O=S(=O)(Cl)c1ccc(OCc2cccc(F)c2)c(F)c1. The maximum atomic E-state index is 13.6. The van der Waals surface area contributed by atoms with Crippen LogP contribution in [0.1, 0.15) is 5.56 Å². The van der Waals surface area contributed by atoms with E-state index in [1.807, 2.05) is 0 Å². The van der Waals surface area contributed by atoms with Crippen LogP contribution in [0, 0.1) is 11.6 Å². The van der Waals surface area contributed by atoms with Gasteiger partial charge in [0.1, 0.15) is 12.4 Å². The average Bonchev–Trinajstić information content (AvgIpc) is 2.36. The monoisotopic (exact) mass is 318 g/mol. The molecular formula is C13H9ClF2O3S. The first kappa shape index (κ1) is 14.7. The zero-order valence-corrected chi connectivity index (χ0v) is 11.6. The molecule has 0 aliphatic heterocycles. The lowest BCUT2D eigenvalue weighted by Gasteiger charge is -2.08. The second-order valence-corrected chi connectivity index (χ2v) is 6.51. The van der Waals surface area contributed by atoms with Gasteiger partial charge < -0.3 is 4.74 Å². The highest BCUT2D eigenvalue weighted by Gasteiger charge is 2.13. The van der Waals surface area contributed by atoms with Gasteiger partial charge in [-0.25, -0.2) is 17.2 Å². The summed E-state index contributed by atoms with van der Waals surface area (Å²) in [5.41, 5.74) is 0.526. The molecule has 0 radical (unpaired) electrons. The van der Waals surface area contributed by atoms with E-state index in [1.54, 1.807) is 6.07 Å². The van der Waals surface area contributed by atoms with Crippen molar-refractivity contribution in [1.29, 1.82) is 0 Å². The quantitative estimate of drug-likeness (QED) is 0.811. The molecule has 0 bridgehead atoms. The van der Waals surface area contributed by atoms with E-state index < -0.39 is 20.7 Å². The van der Waals surface area contributed by atoms with Crippen LogP contribution in [-0.2, 0) is 15.7 Å². The highest BCUT2D eigenvalue weighted by atomic mass is 35.7. The minimum Gasteiger partial charge on any atom is -0.486 e. The maximum absolute atomic E-state index is 13.6. The van der Waals surface area contributed by atoms with Gasteiger partial charge in [0.15, 0.2) is 11.6 Å². The van der Waals surface area contributed by atoms with Crippen LogP contribution in [0.5, 0.6) is 5.75 Å². The van der Waals surface area contributed by atoms with E-state index in [9.17, 15) is 17.2 Å². The fourth-order valence-electron chi connectivity index (χ4n) is 1.54. The molecule has 0 saturated carbocycles. The van der Waals surface area contributed by atoms with Gasteiger partial charge in [0, 0.05) is 10.7 Å². The van der Waals surface area contributed by atoms with Crippen LogP contribution in [0.25, 0.3) is 0 Å². The van der Waals surface area contributed by atoms with Gasteiger partial charge in [0.2, 0.25) is 0 Å². The Bertz CT molecular complexity index is 732. The van der Waals surface area contributed by atoms with Gasteiger partial charge in [-0.1, -0.05) is 12.1 Å². The molecule has 3 nitrogen and oxygen atoms in total. The van der Waals surface area contributed by atoms with Crippen LogP contribution in [-0.4, -0.2) is 8.42 Å². The topological polar surface area (TPSA) is 43.4 Å². The Labute approximate surface area is 119 Å². The van der Waals surface area contributed by atoms with Crippen molar-refractivity contribution in [3.8, 4) is 5.75 Å². The highest BCUT2D eigenvalue weighted by Crippen LogP contribution is 2.24. The molecule has 0 spiro atoms. The Morgan fingerprint density at radius 1 is 1.10 bits per heavy atom. The number of ether oxygens (including phenoxy) is 1. The molecule has 0 atom stereocenters. The van der Waals surface area contributed by atoms with Crippen molar-refractivity contribution in [3.05, 3.63) is 59.7 Å². The largest absolute Gasteiger partial charge is 0.486 e. The summed E-state index contributed by atoms with van der Waals surface area (Å²) in [4.78, 5) is -0.352. The van der Waals surface area contributed by atoms with Gasteiger partial charge in [0.05, 0.1) is 4.90 Å². The standard InChI is InChI=1S/C13H9ClF2O3S/c14-20(17,18)11-4-5-13(12(16)7-11)19-8-9-2-1-3-10(15)6-9/h1-7H,8H2. The summed E-state index contributed by atoms with van der Waals surface area (Å²) < 4.78 is 53.8. The predicted molar refractivity (Wildman–Crippen MR) is 70.2 cm³/mol. The van der Waals surface area contributed by atoms with Crippen molar-refractivity contribution >= 4 is 19.7 Å². The molecule has 106 valence electrons. The van der Waals surface area contributed by atoms with Gasteiger partial charge in [0.25, 0.3) is 9.05 Å². The summed E-state index contributed by atoms with van der Waals surface area (Å²) in [5, 5.41) is 0. The minimum atomic E-state index is -3.99. The lowest BCUT2D eigenvalue weighted by molar-refractivity contribution is 0.289. The third-order valence-corrected chi connectivity index (χ3v) is 3.82. The molecule has 0 fully saturated rings. The number of hydrogen-bond acceptors (Lipinski definition) is 3. The van der Waals surface area contributed by atoms with Gasteiger partial charge in [-0.05, 0) is 35.9 Å². The smallest absolute Gasteiger partial charge is 0.261 e. The Hall–Kier alpha value is -1.66. The number of halogens is 3. The zero-order valence-electron chi connectivity index (χ0n) is 10.0. The van der Waals surface area contributed by atoms with Crippen molar-refractivity contribution < 1.29 is 21.9 Å². The van der Waals surface area contributed by atoms with E-state index in [4.69, 9.17) is 15.4 Å². The van der Waals surface area contributed by atoms with Crippen LogP contribution in [0.2, 0.25) is 0 Å². The Kier molecular flexibility index (Phi) is 4.25. The summed E-state index contributed by atoms with van der Waals surface area (Å²) in [6.45, 7) is -0.0400. The molecule has 0 aliphatic rings. The molecule has 0 aliphatic carbocycles. The predicted octanol–water partition coefficient (Wildman–Crippen LogP) is 3.47. The molecule has 20 heavy (non-hydrogen) atoms. The minimum absolute atomic E-state index is 0.0400. The van der Waals surface area contributed by atoms with E-state index in [1.165, 1.54) is 18.2 Å². The van der Waals surface area contributed by atoms with E-state index in [0.717, 1.165) is 18.2 Å². The summed E-state index contributed by atoms with van der Waals surface area (Å²) >= 11 is 0. The van der Waals surface area contributed by atoms with Gasteiger partial charge in [-0.15, -0.1) is 0 Å². The maximum Gasteiger partial charge on any atom is 0.261 e. The molecular weight excluding hydrogens is 310 g/mol. The van der Waals surface area contributed by atoms with Gasteiger partial charge in [-0.3, -0.25) is 0 Å². The van der Waals surface area contributed by atoms with E-state index in [0.29, 0.717) is 5.56 Å². The first-order valence-electron chi connectivity index (χ1n) is 5.48. The fourth-order valence-corrected chi connectivity index (χ4v) is 2.30. The second-order valence-electron chi connectivity index (χ2n) is 3.95. The third kappa shape index (κ3) is 3.68. The van der Waals surface area contributed by atoms with Crippen molar-refractivity contribution in [2.75, 3.05) is 0 Å². The number of rotatable bonds is 4. The van der Waals surface area contributed by atoms with E-state index in [2.05, 4.69) is 0 Å². The molecule has 2 aromatic carbocycles. The number of benzene rings is 2. The van der Waals surface area contributed by atoms with Crippen LogP contribution < -0.4 is 4.74 Å². The van der Waals surface area contributed by atoms with E-state index >= 15 is 0 Å². The molecule has 0 heterocycles. The van der Waals surface area contributed by atoms with Gasteiger partial charge >= 0.3 is 0 Å². The lowest BCUT2D eigenvalue weighted by atomic mass is 10.2.